The summed E-state index contributed by atoms with van der Waals surface area (Å²) in [5.74, 6) is -0.741. The molecule has 1 fully saturated rings. The van der Waals surface area contributed by atoms with E-state index in [1.165, 1.54) is 0 Å². The van der Waals surface area contributed by atoms with Crippen LogP contribution in [0.4, 0.5) is 0 Å². The fourth-order valence-electron chi connectivity index (χ4n) is 2.43. The molecule has 0 spiro atoms. The topological polar surface area (TPSA) is 40.5 Å². The molecule has 1 aliphatic rings. The van der Waals surface area contributed by atoms with Crippen LogP contribution in [0.5, 0.6) is 0 Å². The lowest BCUT2D eigenvalue weighted by Gasteiger charge is -2.24. The molecule has 0 saturated carbocycles. The van der Waals surface area contributed by atoms with Gasteiger partial charge in [0, 0.05) is 17.6 Å². The number of halogens is 2. The third-order valence-electron chi connectivity index (χ3n) is 3.24. The molecule has 1 heterocycles. The number of carboxylic acid groups (broad SMARTS) is 1. The Hall–Kier alpha value is -0.770. The highest BCUT2D eigenvalue weighted by atomic mass is 35.5. The van der Waals surface area contributed by atoms with E-state index in [4.69, 9.17) is 16.7 Å². The molecule has 1 saturated heterocycles. The predicted octanol–water partition coefficient (Wildman–Crippen LogP) is 3.37. The van der Waals surface area contributed by atoms with Crippen LogP contribution < -0.4 is 0 Å². The number of carboxylic acids is 1. The standard InChI is InChI=1S/C13H16ClNO2.ClH/c14-11-5-2-1-4-10(11)12-6-3-8-15(12)9-7-13(16)17;/h1-2,4-5,12H,3,6-9H2,(H,16,17);1H. The van der Waals surface area contributed by atoms with Crippen molar-refractivity contribution in [1.29, 1.82) is 0 Å². The van der Waals surface area contributed by atoms with Crippen molar-refractivity contribution in [3.8, 4) is 0 Å². The van der Waals surface area contributed by atoms with Gasteiger partial charge in [-0.1, -0.05) is 29.8 Å². The average molecular weight is 290 g/mol. The molecule has 18 heavy (non-hydrogen) atoms. The monoisotopic (exact) mass is 289 g/mol. The summed E-state index contributed by atoms with van der Waals surface area (Å²) >= 11 is 6.19. The van der Waals surface area contributed by atoms with Crippen LogP contribution in [-0.2, 0) is 4.79 Å². The zero-order valence-corrected chi connectivity index (χ0v) is 11.6. The van der Waals surface area contributed by atoms with Gasteiger partial charge in [-0.15, -0.1) is 12.4 Å². The Morgan fingerprint density at radius 1 is 1.44 bits per heavy atom. The molecule has 1 aliphatic heterocycles. The number of hydrogen-bond donors (Lipinski definition) is 1. The molecule has 0 aromatic heterocycles. The van der Waals surface area contributed by atoms with Crippen molar-refractivity contribution in [1.82, 2.24) is 4.90 Å². The van der Waals surface area contributed by atoms with E-state index in [0.29, 0.717) is 6.54 Å². The van der Waals surface area contributed by atoms with Gasteiger partial charge in [-0.2, -0.15) is 0 Å². The summed E-state index contributed by atoms with van der Waals surface area (Å²) in [7, 11) is 0. The lowest BCUT2D eigenvalue weighted by Crippen LogP contribution is -2.26. The van der Waals surface area contributed by atoms with Crippen LogP contribution in [0.15, 0.2) is 24.3 Å². The second-order valence-electron chi connectivity index (χ2n) is 4.36. The van der Waals surface area contributed by atoms with Gasteiger partial charge in [-0.25, -0.2) is 0 Å². The van der Waals surface area contributed by atoms with Crippen LogP contribution >= 0.6 is 24.0 Å². The quantitative estimate of drug-likeness (QED) is 0.924. The van der Waals surface area contributed by atoms with E-state index in [-0.39, 0.29) is 24.9 Å². The van der Waals surface area contributed by atoms with E-state index in [1.54, 1.807) is 0 Å². The average Bonchev–Trinajstić information content (AvgIpc) is 2.75. The van der Waals surface area contributed by atoms with E-state index in [1.807, 2.05) is 24.3 Å². The SMILES string of the molecule is Cl.O=C(O)CCN1CCCC1c1ccccc1Cl. The molecule has 5 heteroatoms. The minimum Gasteiger partial charge on any atom is -0.481 e. The van der Waals surface area contributed by atoms with Crippen molar-refractivity contribution in [2.75, 3.05) is 13.1 Å². The maximum atomic E-state index is 10.6. The first-order valence-electron chi connectivity index (χ1n) is 5.89. The summed E-state index contributed by atoms with van der Waals surface area (Å²) in [6.07, 6.45) is 2.36. The number of rotatable bonds is 4. The molecule has 0 bridgehead atoms. The minimum absolute atomic E-state index is 0. The molecule has 1 aromatic carbocycles. The maximum absolute atomic E-state index is 10.6. The Bertz CT molecular complexity index is 412. The second-order valence-corrected chi connectivity index (χ2v) is 4.77. The van der Waals surface area contributed by atoms with Gasteiger partial charge in [-0.05, 0) is 31.0 Å². The molecular formula is C13H17Cl2NO2. The first kappa shape index (κ1) is 15.3. The molecule has 1 unspecified atom stereocenters. The molecule has 0 amide bonds. The van der Waals surface area contributed by atoms with Crippen LogP contribution in [0.2, 0.25) is 5.02 Å². The van der Waals surface area contributed by atoms with E-state index in [9.17, 15) is 4.79 Å². The van der Waals surface area contributed by atoms with Gasteiger partial charge in [0.2, 0.25) is 0 Å². The lowest BCUT2D eigenvalue weighted by molar-refractivity contribution is -0.137. The normalized spacial score (nSPS) is 19.5. The molecule has 2 rings (SSSR count). The second kappa shape index (κ2) is 6.98. The zero-order valence-electron chi connectivity index (χ0n) is 10.0. The number of likely N-dealkylation sites (tertiary alicyclic amines) is 1. The maximum Gasteiger partial charge on any atom is 0.304 e. The Balaban J connectivity index is 0.00000162. The largest absolute Gasteiger partial charge is 0.481 e. The summed E-state index contributed by atoms with van der Waals surface area (Å²) in [6, 6.07) is 8.11. The first-order chi connectivity index (χ1) is 8.18. The lowest BCUT2D eigenvalue weighted by atomic mass is 10.0. The van der Waals surface area contributed by atoms with Gasteiger partial charge in [0.25, 0.3) is 0 Å². The Morgan fingerprint density at radius 3 is 2.83 bits per heavy atom. The third-order valence-corrected chi connectivity index (χ3v) is 3.58. The molecular weight excluding hydrogens is 273 g/mol. The highest BCUT2D eigenvalue weighted by Gasteiger charge is 2.27. The van der Waals surface area contributed by atoms with Crippen molar-refractivity contribution in [2.24, 2.45) is 0 Å². The van der Waals surface area contributed by atoms with Crippen molar-refractivity contribution in [3.63, 3.8) is 0 Å². The van der Waals surface area contributed by atoms with Gasteiger partial charge < -0.3 is 5.11 Å². The molecule has 0 radical (unpaired) electrons. The smallest absolute Gasteiger partial charge is 0.304 e. The third kappa shape index (κ3) is 3.61. The highest BCUT2D eigenvalue weighted by molar-refractivity contribution is 6.31. The zero-order chi connectivity index (χ0) is 12.3. The van der Waals surface area contributed by atoms with Crippen LogP contribution in [-0.4, -0.2) is 29.1 Å². The van der Waals surface area contributed by atoms with Gasteiger partial charge in [-0.3, -0.25) is 9.69 Å². The first-order valence-corrected chi connectivity index (χ1v) is 6.26. The van der Waals surface area contributed by atoms with Gasteiger partial charge in [0.15, 0.2) is 0 Å². The highest BCUT2D eigenvalue weighted by Crippen LogP contribution is 2.35. The van der Waals surface area contributed by atoms with Gasteiger partial charge in [0.05, 0.1) is 6.42 Å². The number of nitrogens with zero attached hydrogens (tertiary/aromatic N) is 1. The Kier molecular flexibility index (Phi) is 5.93. The summed E-state index contributed by atoms with van der Waals surface area (Å²) in [5.41, 5.74) is 1.12. The predicted molar refractivity (Wildman–Crippen MR) is 74.5 cm³/mol. The Labute approximate surface area is 118 Å². The number of aliphatic carboxylic acids is 1. The molecule has 1 N–H and O–H groups in total. The fourth-order valence-corrected chi connectivity index (χ4v) is 2.69. The molecule has 0 aliphatic carbocycles. The molecule has 3 nitrogen and oxygen atoms in total. The van der Waals surface area contributed by atoms with E-state index in [2.05, 4.69) is 4.90 Å². The number of carbonyl (C=O) groups is 1. The number of benzene rings is 1. The van der Waals surface area contributed by atoms with Crippen molar-refractivity contribution < 1.29 is 9.90 Å². The fraction of sp³-hybridized carbons (Fsp3) is 0.462. The summed E-state index contributed by atoms with van der Waals surface area (Å²) in [5, 5.41) is 9.51. The van der Waals surface area contributed by atoms with E-state index in [0.717, 1.165) is 30.0 Å². The van der Waals surface area contributed by atoms with Crippen molar-refractivity contribution in [2.45, 2.75) is 25.3 Å². The number of hydrogen-bond acceptors (Lipinski definition) is 2. The van der Waals surface area contributed by atoms with Crippen LogP contribution in [0.3, 0.4) is 0 Å². The summed E-state index contributed by atoms with van der Waals surface area (Å²) < 4.78 is 0. The van der Waals surface area contributed by atoms with Crippen molar-refractivity contribution in [3.05, 3.63) is 34.9 Å². The van der Waals surface area contributed by atoms with Gasteiger partial charge >= 0.3 is 5.97 Å². The molecule has 100 valence electrons. The van der Waals surface area contributed by atoms with Crippen LogP contribution in [0.1, 0.15) is 30.9 Å². The van der Waals surface area contributed by atoms with Crippen LogP contribution in [0.25, 0.3) is 0 Å². The van der Waals surface area contributed by atoms with Gasteiger partial charge in [0.1, 0.15) is 0 Å². The summed E-state index contributed by atoms with van der Waals surface area (Å²) in [6.45, 7) is 1.56. The molecule has 1 aromatic rings. The minimum atomic E-state index is -0.741. The molecule has 1 atom stereocenters. The van der Waals surface area contributed by atoms with E-state index < -0.39 is 5.97 Å². The van der Waals surface area contributed by atoms with Crippen molar-refractivity contribution >= 4 is 30.0 Å². The Morgan fingerprint density at radius 2 is 2.17 bits per heavy atom. The van der Waals surface area contributed by atoms with E-state index >= 15 is 0 Å². The summed E-state index contributed by atoms with van der Waals surface area (Å²) in [4.78, 5) is 12.8. The van der Waals surface area contributed by atoms with Crippen LogP contribution in [0, 0.1) is 0 Å².